The molecule has 3 nitrogen and oxygen atoms in total. The van der Waals surface area contributed by atoms with Crippen molar-refractivity contribution in [3.63, 3.8) is 0 Å². The van der Waals surface area contributed by atoms with Crippen LogP contribution < -0.4 is 5.32 Å². The fraction of sp³-hybridized carbons (Fsp3) is 0.588. The van der Waals surface area contributed by atoms with Crippen molar-refractivity contribution in [2.24, 2.45) is 5.92 Å². The Morgan fingerprint density at radius 2 is 2.00 bits per heavy atom. The summed E-state index contributed by atoms with van der Waals surface area (Å²) < 4.78 is 2.34. The van der Waals surface area contributed by atoms with Crippen LogP contribution in [-0.2, 0) is 13.0 Å². The van der Waals surface area contributed by atoms with Crippen LogP contribution in [0.1, 0.15) is 39.4 Å². The van der Waals surface area contributed by atoms with Crippen molar-refractivity contribution < 1.29 is 0 Å². The van der Waals surface area contributed by atoms with Gasteiger partial charge in [-0.2, -0.15) is 0 Å². The first-order valence-corrected chi connectivity index (χ1v) is 7.87. The summed E-state index contributed by atoms with van der Waals surface area (Å²) in [6, 6.07) is 8.43. The van der Waals surface area contributed by atoms with E-state index in [0.717, 1.165) is 37.5 Å². The molecule has 0 radical (unpaired) electrons. The van der Waals surface area contributed by atoms with Gasteiger partial charge in [0.05, 0.1) is 11.0 Å². The number of nitrogens with zero attached hydrogens (tertiary/aromatic N) is 2. The number of aryl methyl sites for hydroxylation is 2. The number of fused-ring (bicyclic) bond motifs is 1. The Morgan fingerprint density at radius 3 is 2.75 bits per heavy atom. The minimum Gasteiger partial charge on any atom is -0.328 e. The highest BCUT2D eigenvalue weighted by atomic mass is 15.1. The van der Waals surface area contributed by atoms with Gasteiger partial charge in [0, 0.05) is 13.0 Å². The Labute approximate surface area is 122 Å². The molecule has 110 valence electrons. The summed E-state index contributed by atoms with van der Waals surface area (Å²) in [7, 11) is 0. The van der Waals surface area contributed by atoms with Crippen molar-refractivity contribution >= 4 is 11.0 Å². The molecule has 1 heterocycles. The smallest absolute Gasteiger partial charge is 0.109 e. The fourth-order valence-electron chi connectivity index (χ4n) is 2.59. The lowest BCUT2D eigenvalue weighted by atomic mass is 10.2. The summed E-state index contributed by atoms with van der Waals surface area (Å²) >= 11 is 0. The van der Waals surface area contributed by atoms with Gasteiger partial charge in [0.2, 0.25) is 0 Å². The van der Waals surface area contributed by atoms with Crippen LogP contribution in [0.3, 0.4) is 0 Å². The Balaban J connectivity index is 1.86. The van der Waals surface area contributed by atoms with E-state index in [2.05, 4.69) is 54.9 Å². The van der Waals surface area contributed by atoms with Gasteiger partial charge in [-0.05, 0) is 50.9 Å². The van der Waals surface area contributed by atoms with Gasteiger partial charge < -0.3 is 9.88 Å². The van der Waals surface area contributed by atoms with Gasteiger partial charge in [-0.1, -0.05) is 26.0 Å². The van der Waals surface area contributed by atoms with E-state index in [9.17, 15) is 0 Å². The molecule has 0 spiro atoms. The molecule has 0 atom stereocenters. The van der Waals surface area contributed by atoms with Crippen LogP contribution in [0.2, 0.25) is 0 Å². The number of aromatic nitrogens is 2. The maximum atomic E-state index is 4.77. The highest BCUT2D eigenvalue weighted by Crippen LogP contribution is 2.17. The summed E-state index contributed by atoms with van der Waals surface area (Å²) in [5.74, 6) is 1.97. The largest absolute Gasteiger partial charge is 0.328 e. The van der Waals surface area contributed by atoms with Crippen molar-refractivity contribution in [2.75, 3.05) is 13.1 Å². The molecule has 0 saturated heterocycles. The summed E-state index contributed by atoms with van der Waals surface area (Å²) in [4.78, 5) is 4.77. The lowest BCUT2D eigenvalue weighted by Gasteiger charge is -2.08. The van der Waals surface area contributed by atoms with Gasteiger partial charge in [-0.25, -0.2) is 4.98 Å². The number of nitrogens with one attached hydrogen (secondary N) is 1. The van der Waals surface area contributed by atoms with Gasteiger partial charge in [-0.3, -0.25) is 0 Å². The van der Waals surface area contributed by atoms with E-state index >= 15 is 0 Å². The van der Waals surface area contributed by atoms with Gasteiger partial charge in [0.25, 0.3) is 0 Å². The molecule has 20 heavy (non-hydrogen) atoms. The third kappa shape index (κ3) is 3.83. The van der Waals surface area contributed by atoms with E-state index in [1.807, 2.05) is 0 Å². The minimum atomic E-state index is 0.735. The van der Waals surface area contributed by atoms with E-state index in [1.54, 1.807) is 0 Å². The summed E-state index contributed by atoms with van der Waals surface area (Å²) in [6.45, 7) is 9.93. The predicted molar refractivity (Wildman–Crippen MR) is 86.1 cm³/mol. The first-order valence-electron chi connectivity index (χ1n) is 7.87. The van der Waals surface area contributed by atoms with Crippen molar-refractivity contribution in [1.29, 1.82) is 0 Å². The Kier molecular flexibility index (Phi) is 5.60. The summed E-state index contributed by atoms with van der Waals surface area (Å²) in [6.07, 6.45) is 3.50. The predicted octanol–water partition coefficient (Wildman–Crippen LogP) is 3.62. The van der Waals surface area contributed by atoms with Crippen molar-refractivity contribution in [2.45, 2.75) is 46.6 Å². The molecule has 0 bridgehead atoms. The number of rotatable bonds is 8. The van der Waals surface area contributed by atoms with Crippen molar-refractivity contribution in [3.05, 3.63) is 30.1 Å². The van der Waals surface area contributed by atoms with Crippen molar-refractivity contribution in [3.8, 4) is 0 Å². The molecule has 3 heteroatoms. The molecule has 0 unspecified atom stereocenters. The second-order valence-corrected chi connectivity index (χ2v) is 5.82. The number of benzene rings is 1. The third-order valence-corrected chi connectivity index (χ3v) is 3.61. The van der Waals surface area contributed by atoms with Crippen molar-refractivity contribution in [1.82, 2.24) is 14.9 Å². The molecule has 0 aliphatic heterocycles. The van der Waals surface area contributed by atoms with E-state index in [4.69, 9.17) is 4.98 Å². The highest BCUT2D eigenvalue weighted by Gasteiger charge is 2.08. The number of hydrogen-bond donors (Lipinski definition) is 1. The van der Waals surface area contributed by atoms with Crippen LogP contribution >= 0.6 is 0 Å². The summed E-state index contributed by atoms with van der Waals surface area (Å²) in [5, 5.41) is 3.50. The molecule has 2 rings (SSSR count). The maximum Gasteiger partial charge on any atom is 0.109 e. The third-order valence-electron chi connectivity index (χ3n) is 3.61. The fourth-order valence-corrected chi connectivity index (χ4v) is 2.59. The molecule has 0 fully saturated rings. The van der Waals surface area contributed by atoms with E-state index < -0.39 is 0 Å². The van der Waals surface area contributed by atoms with E-state index in [-0.39, 0.29) is 0 Å². The zero-order valence-corrected chi connectivity index (χ0v) is 13.0. The molecule has 1 aromatic carbocycles. The lowest BCUT2D eigenvalue weighted by Crippen LogP contribution is -2.20. The van der Waals surface area contributed by atoms with E-state index in [1.165, 1.54) is 24.2 Å². The molecule has 0 aliphatic carbocycles. The number of hydrogen-bond acceptors (Lipinski definition) is 2. The first kappa shape index (κ1) is 15.0. The maximum absolute atomic E-state index is 4.77. The average molecular weight is 273 g/mol. The number of para-hydroxylation sites is 2. The Hall–Kier alpha value is -1.35. The normalized spacial score (nSPS) is 11.6. The monoisotopic (exact) mass is 273 g/mol. The Morgan fingerprint density at radius 1 is 1.20 bits per heavy atom. The van der Waals surface area contributed by atoms with Gasteiger partial charge in [-0.15, -0.1) is 0 Å². The van der Waals surface area contributed by atoms with Crippen LogP contribution in [0, 0.1) is 5.92 Å². The zero-order chi connectivity index (χ0) is 14.4. The quantitative estimate of drug-likeness (QED) is 0.744. The molecule has 2 aromatic rings. The molecule has 1 aromatic heterocycles. The Bertz CT molecular complexity index is 528. The molecule has 0 amide bonds. The van der Waals surface area contributed by atoms with Crippen LogP contribution in [0.25, 0.3) is 11.0 Å². The second kappa shape index (κ2) is 7.44. The molecular weight excluding hydrogens is 246 g/mol. The summed E-state index contributed by atoms with van der Waals surface area (Å²) in [5.41, 5.74) is 2.39. The number of imidazole rings is 1. The van der Waals surface area contributed by atoms with E-state index in [0.29, 0.717) is 0 Å². The van der Waals surface area contributed by atoms with Crippen LogP contribution in [0.5, 0.6) is 0 Å². The second-order valence-electron chi connectivity index (χ2n) is 5.82. The lowest BCUT2D eigenvalue weighted by molar-refractivity contribution is 0.531. The molecular formula is C17H27N3. The van der Waals surface area contributed by atoms with Crippen LogP contribution in [0.4, 0.5) is 0 Å². The highest BCUT2D eigenvalue weighted by molar-refractivity contribution is 5.75. The van der Waals surface area contributed by atoms with Gasteiger partial charge >= 0.3 is 0 Å². The standard InChI is InChI=1S/C17H27N3/c1-4-20-16-10-6-5-9-15(16)19-17(20)11-7-8-12-18-13-14(2)3/h5-6,9-10,14,18H,4,7-8,11-13H2,1-3H3. The topological polar surface area (TPSA) is 29.9 Å². The van der Waals surface area contributed by atoms with Crippen LogP contribution in [0.15, 0.2) is 24.3 Å². The molecule has 0 saturated carbocycles. The SMILES string of the molecule is CCn1c(CCCCNCC(C)C)nc2ccccc21. The minimum absolute atomic E-state index is 0.735. The molecule has 0 aliphatic rings. The van der Waals surface area contributed by atoms with Crippen LogP contribution in [-0.4, -0.2) is 22.6 Å². The zero-order valence-electron chi connectivity index (χ0n) is 13.0. The van der Waals surface area contributed by atoms with Gasteiger partial charge in [0.15, 0.2) is 0 Å². The average Bonchev–Trinajstić information content (AvgIpc) is 2.79. The number of unbranched alkanes of at least 4 members (excludes halogenated alkanes) is 1. The molecule has 1 N–H and O–H groups in total. The van der Waals surface area contributed by atoms with Gasteiger partial charge in [0.1, 0.15) is 5.82 Å². The first-order chi connectivity index (χ1) is 9.72.